The molecule has 144 valence electrons. The second kappa shape index (κ2) is 8.91. The lowest BCUT2D eigenvalue weighted by molar-refractivity contribution is -0.122. The van der Waals surface area contributed by atoms with E-state index < -0.39 is 0 Å². The molecule has 9 nitrogen and oxygen atoms in total. The standard InChI is InChI=1S/C18H19N7O2S/c1-12-5-3-4-6-15(12)19-18(28)22-20-16(26)11-25-23-17(21-24-25)13-7-9-14(27-2)10-8-13/h3-10H,11H2,1-2H3,(H,20,26)(H2,19,22,28). The minimum atomic E-state index is -0.368. The maximum Gasteiger partial charge on any atom is 0.262 e. The third kappa shape index (κ3) is 5.01. The van der Waals surface area contributed by atoms with Gasteiger partial charge < -0.3 is 10.1 Å². The van der Waals surface area contributed by atoms with Crippen LogP contribution in [0.25, 0.3) is 11.4 Å². The number of aromatic nitrogens is 4. The molecule has 3 rings (SSSR count). The van der Waals surface area contributed by atoms with Gasteiger partial charge in [-0.3, -0.25) is 15.6 Å². The summed E-state index contributed by atoms with van der Waals surface area (Å²) in [4.78, 5) is 13.3. The summed E-state index contributed by atoms with van der Waals surface area (Å²) >= 11 is 5.17. The summed E-state index contributed by atoms with van der Waals surface area (Å²) in [6.45, 7) is 1.85. The Bertz CT molecular complexity index is 972. The minimum absolute atomic E-state index is 0.108. The number of tetrazole rings is 1. The number of nitrogens with one attached hydrogen (secondary N) is 3. The van der Waals surface area contributed by atoms with Gasteiger partial charge in [0.15, 0.2) is 5.11 Å². The fraction of sp³-hybridized carbons (Fsp3) is 0.167. The highest BCUT2D eigenvalue weighted by Gasteiger charge is 2.10. The van der Waals surface area contributed by atoms with Crippen molar-refractivity contribution in [3.63, 3.8) is 0 Å². The third-order valence-electron chi connectivity index (χ3n) is 3.79. The first-order chi connectivity index (χ1) is 13.5. The van der Waals surface area contributed by atoms with Crippen LogP contribution in [0.2, 0.25) is 0 Å². The molecule has 0 radical (unpaired) electrons. The van der Waals surface area contributed by atoms with E-state index in [1.165, 1.54) is 4.80 Å². The summed E-state index contributed by atoms with van der Waals surface area (Å²) in [7, 11) is 1.60. The number of methoxy groups -OCH3 is 1. The lowest BCUT2D eigenvalue weighted by atomic mass is 10.2. The highest BCUT2D eigenvalue weighted by atomic mass is 32.1. The number of rotatable bonds is 5. The number of amides is 1. The molecule has 3 N–H and O–H groups in total. The van der Waals surface area contributed by atoms with Gasteiger partial charge in [-0.15, -0.1) is 10.2 Å². The number of hydrogen-bond donors (Lipinski definition) is 3. The number of carbonyl (C=O) groups is 1. The van der Waals surface area contributed by atoms with Gasteiger partial charge in [0.2, 0.25) is 5.82 Å². The Morgan fingerprint density at radius 3 is 2.61 bits per heavy atom. The molecule has 0 bridgehead atoms. The molecule has 3 aromatic rings. The lowest BCUT2D eigenvalue weighted by Crippen LogP contribution is -2.45. The van der Waals surface area contributed by atoms with Crippen molar-refractivity contribution in [2.75, 3.05) is 12.4 Å². The maximum absolute atomic E-state index is 12.1. The highest BCUT2D eigenvalue weighted by Crippen LogP contribution is 2.18. The molecule has 1 aromatic heterocycles. The van der Waals surface area contributed by atoms with Gasteiger partial charge in [0.05, 0.1) is 7.11 Å². The van der Waals surface area contributed by atoms with E-state index in [0.717, 1.165) is 22.6 Å². The van der Waals surface area contributed by atoms with E-state index in [2.05, 4.69) is 31.6 Å². The average molecular weight is 397 g/mol. The van der Waals surface area contributed by atoms with E-state index in [4.69, 9.17) is 17.0 Å². The van der Waals surface area contributed by atoms with Gasteiger partial charge >= 0.3 is 0 Å². The van der Waals surface area contributed by atoms with Gasteiger partial charge in [-0.05, 0) is 60.3 Å². The summed E-state index contributed by atoms with van der Waals surface area (Å²) in [5, 5.41) is 15.3. The molecular weight excluding hydrogens is 378 g/mol. The number of hydrogen-bond acceptors (Lipinski definition) is 6. The largest absolute Gasteiger partial charge is 0.497 e. The zero-order chi connectivity index (χ0) is 19.9. The second-order valence-corrected chi connectivity index (χ2v) is 6.22. The lowest BCUT2D eigenvalue weighted by Gasteiger charge is -2.12. The summed E-state index contributed by atoms with van der Waals surface area (Å²) in [5.74, 6) is 0.782. The van der Waals surface area contributed by atoms with Crippen molar-refractivity contribution < 1.29 is 9.53 Å². The molecule has 0 aliphatic rings. The first-order valence-electron chi connectivity index (χ1n) is 8.39. The fourth-order valence-corrected chi connectivity index (χ4v) is 2.49. The van der Waals surface area contributed by atoms with Crippen LogP contribution < -0.4 is 20.9 Å². The topological polar surface area (TPSA) is 106 Å². The Morgan fingerprint density at radius 2 is 1.89 bits per heavy atom. The number of aryl methyl sites for hydroxylation is 1. The minimum Gasteiger partial charge on any atom is -0.497 e. The number of nitrogens with zero attached hydrogens (tertiary/aromatic N) is 4. The molecule has 1 amide bonds. The molecule has 0 unspecified atom stereocenters. The van der Waals surface area contributed by atoms with E-state index in [1.54, 1.807) is 19.2 Å². The van der Waals surface area contributed by atoms with E-state index in [0.29, 0.717) is 5.82 Å². The predicted molar refractivity (Wildman–Crippen MR) is 108 cm³/mol. The van der Waals surface area contributed by atoms with Crippen LogP contribution in [0.5, 0.6) is 5.75 Å². The number of hydrazine groups is 1. The van der Waals surface area contributed by atoms with E-state index >= 15 is 0 Å². The summed E-state index contributed by atoms with van der Waals surface area (Å²) in [6.07, 6.45) is 0. The van der Waals surface area contributed by atoms with Crippen molar-refractivity contribution in [1.29, 1.82) is 0 Å². The van der Waals surface area contributed by atoms with Crippen molar-refractivity contribution in [1.82, 2.24) is 31.1 Å². The molecule has 0 saturated carbocycles. The van der Waals surface area contributed by atoms with Crippen LogP contribution in [-0.2, 0) is 11.3 Å². The Kier molecular flexibility index (Phi) is 6.12. The van der Waals surface area contributed by atoms with Crippen LogP contribution in [-0.4, -0.2) is 38.3 Å². The Balaban J connectivity index is 1.50. The van der Waals surface area contributed by atoms with Crippen LogP contribution in [0.3, 0.4) is 0 Å². The number of ether oxygens (including phenoxy) is 1. The average Bonchev–Trinajstić information content (AvgIpc) is 3.16. The number of carbonyl (C=O) groups excluding carboxylic acids is 1. The Hall–Kier alpha value is -3.53. The molecular formula is C18H19N7O2S. The second-order valence-electron chi connectivity index (χ2n) is 5.81. The zero-order valence-electron chi connectivity index (χ0n) is 15.3. The Morgan fingerprint density at radius 1 is 1.14 bits per heavy atom. The highest BCUT2D eigenvalue weighted by molar-refractivity contribution is 7.80. The monoisotopic (exact) mass is 397 g/mol. The first kappa shape index (κ1) is 19.2. The molecule has 1 heterocycles. The predicted octanol–water partition coefficient (Wildman–Crippen LogP) is 1.67. The van der Waals surface area contributed by atoms with Crippen molar-refractivity contribution in [2.24, 2.45) is 0 Å². The van der Waals surface area contributed by atoms with Crippen LogP contribution in [0, 0.1) is 6.92 Å². The molecule has 0 saturated heterocycles. The molecule has 0 atom stereocenters. The molecule has 0 fully saturated rings. The molecule has 0 aliphatic carbocycles. The van der Waals surface area contributed by atoms with Gasteiger partial charge in [-0.2, -0.15) is 4.80 Å². The molecule has 2 aromatic carbocycles. The van der Waals surface area contributed by atoms with Gasteiger partial charge in [0.25, 0.3) is 5.91 Å². The Labute approximate surface area is 167 Å². The smallest absolute Gasteiger partial charge is 0.262 e. The van der Waals surface area contributed by atoms with Gasteiger partial charge in [0.1, 0.15) is 12.3 Å². The SMILES string of the molecule is COc1ccc(-c2nnn(CC(=O)NNC(=S)Nc3ccccc3C)n2)cc1. The van der Waals surface area contributed by atoms with Gasteiger partial charge in [-0.1, -0.05) is 18.2 Å². The van der Waals surface area contributed by atoms with Gasteiger partial charge in [-0.25, -0.2) is 0 Å². The molecule has 10 heteroatoms. The number of benzene rings is 2. The number of thiocarbonyl (C=S) groups is 1. The summed E-state index contributed by atoms with van der Waals surface area (Å²) < 4.78 is 5.12. The summed E-state index contributed by atoms with van der Waals surface area (Å²) in [6, 6.07) is 14.9. The zero-order valence-corrected chi connectivity index (χ0v) is 16.2. The normalized spacial score (nSPS) is 10.2. The quantitative estimate of drug-likeness (QED) is 0.441. The maximum atomic E-state index is 12.1. The van der Waals surface area contributed by atoms with Crippen LogP contribution >= 0.6 is 12.2 Å². The van der Waals surface area contributed by atoms with Crippen LogP contribution in [0.15, 0.2) is 48.5 Å². The fourth-order valence-electron chi connectivity index (χ4n) is 2.33. The third-order valence-corrected chi connectivity index (χ3v) is 4.00. The van der Waals surface area contributed by atoms with Crippen molar-refractivity contribution in [3.8, 4) is 17.1 Å². The first-order valence-corrected chi connectivity index (χ1v) is 8.79. The van der Waals surface area contributed by atoms with Crippen LogP contribution in [0.4, 0.5) is 5.69 Å². The van der Waals surface area contributed by atoms with E-state index in [1.807, 2.05) is 43.3 Å². The van der Waals surface area contributed by atoms with Crippen molar-refractivity contribution in [2.45, 2.75) is 13.5 Å². The van der Waals surface area contributed by atoms with Crippen molar-refractivity contribution in [3.05, 3.63) is 54.1 Å². The van der Waals surface area contributed by atoms with Crippen LogP contribution in [0.1, 0.15) is 5.56 Å². The van der Waals surface area contributed by atoms with E-state index in [-0.39, 0.29) is 17.6 Å². The molecule has 28 heavy (non-hydrogen) atoms. The van der Waals surface area contributed by atoms with E-state index in [9.17, 15) is 4.79 Å². The number of anilines is 1. The van der Waals surface area contributed by atoms with Gasteiger partial charge in [0, 0.05) is 11.3 Å². The molecule has 0 aliphatic heterocycles. The summed E-state index contributed by atoms with van der Waals surface area (Å²) in [5.41, 5.74) is 7.81. The number of para-hydroxylation sites is 1. The van der Waals surface area contributed by atoms with Crippen molar-refractivity contribution >= 4 is 28.9 Å². The molecule has 0 spiro atoms.